The van der Waals surface area contributed by atoms with Crippen molar-refractivity contribution in [2.75, 3.05) is 0 Å². The van der Waals surface area contributed by atoms with Gasteiger partial charge in [-0.2, -0.15) is 5.10 Å². The summed E-state index contributed by atoms with van der Waals surface area (Å²) in [5.74, 6) is -0.375. The molecule has 2 aromatic carbocycles. The van der Waals surface area contributed by atoms with Crippen LogP contribution < -0.4 is 5.32 Å². The van der Waals surface area contributed by atoms with Crippen LogP contribution in [-0.2, 0) is 17.8 Å². The van der Waals surface area contributed by atoms with Gasteiger partial charge in [0.05, 0.1) is 11.9 Å². The standard InChI is InChI=1S/C19H18FN3O/c20-18-9-5-4-6-16(18)10-11-19(24)21-12-15-13-22-23(14-15)17-7-2-1-3-8-17/h1-9,13-14H,10-12H2,(H,21,24). The molecule has 1 N–H and O–H groups in total. The predicted octanol–water partition coefficient (Wildman–Crippen LogP) is 3.26. The third kappa shape index (κ3) is 4.07. The minimum Gasteiger partial charge on any atom is -0.352 e. The van der Waals surface area contributed by atoms with E-state index in [1.54, 1.807) is 29.1 Å². The van der Waals surface area contributed by atoms with Crippen LogP contribution in [0.25, 0.3) is 5.69 Å². The average Bonchev–Trinajstić information content (AvgIpc) is 3.09. The van der Waals surface area contributed by atoms with E-state index < -0.39 is 0 Å². The Labute approximate surface area is 139 Å². The van der Waals surface area contributed by atoms with Crippen molar-refractivity contribution in [3.8, 4) is 5.69 Å². The summed E-state index contributed by atoms with van der Waals surface area (Å²) in [6.07, 6.45) is 4.26. The highest BCUT2D eigenvalue weighted by molar-refractivity contribution is 5.76. The molecule has 0 aliphatic carbocycles. The maximum Gasteiger partial charge on any atom is 0.220 e. The van der Waals surface area contributed by atoms with Crippen molar-refractivity contribution in [3.63, 3.8) is 0 Å². The van der Waals surface area contributed by atoms with Gasteiger partial charge in [-0.05, 0) is 30.2 Å². The van der Waals surface area contributed by atoms with Crippen molar-refractivity contribution in [1.82, 2.24) is 15.1 Å². The summed E-state index contributed by atoms with van der Waals surface area (Å²) < 4.78 is 15.3. The van der Waals surface area contributed by atoms with Crippen LogP contribution in [0.4, 0.5) is 4.39 Å². The lowest BCUT2D eigenvalue weighted by atomic mass is 10.1. The SMILES string of the molecule is O=C(CCc1ccccc1F)NCc1cnn(-c2ccccc2)c1. The van der Waals surface area contributed by atoms with E-state index in [9.17, 15) is 9.18 Å². The highest BCUT2D eigenvalue weighted by atomic mass is 19.1. The van der Waals surface area contributed by atoms with Crippen LogP contribution in [0.1, 0.15) is 17.5 Å². The van der Waals surface area contributed by atoms with E-state index in [1.165, 1.54) is 6.07 Å². The summed E-state index contributed by atoms with van der Waals surface area (Å²) in [7, 11) is 0. The van der Waals surface area contributed by atoms with Crippen LogP contribution in [0.3, 0.4) is 0 Å². The van der Waals surface area contributed by atoms with Crippen LogP contribution in [0.5, 0.6) is 0 Å². The van der Waals surface area contributed by atoms with Gasteiger partial charge in [-0.15, -0.1) is 0 Å². The molecule has 3 aromatic rings. The molecule has 24 heavy (non-hydrogen) atoms. The Bertz CT molecular complexity index is 814. The van der Waals surface area contributed by atoms with E-state index in [1.807, 2.05) is 36.5 Å². The number of rotatable bonds is 6. The van der Waals surface area contributed by atoms with Crippen molar-refractivity contribution in [1.29, 1.82) is 0 Å². The van der Waals surface area contributed by atoms with Gasteiger partial charge in [-0.25, -0.2) is 9.07 Å². The molecule has 122 valence electrons. The molecule has 0 radical (unpaired) electrons. The van der Waals surface area contributed by atoms with Crippen molar-refractivity contribution < 1.29 is 9.18 Å². The van der Waals surface area contributed by atoms with Crippen molar-refractivity contribution >= 4 is 5.91 Å². The number of nitrogens with zero attached hydrogens (tertiary/aromatic N) is 2. The molecule has 0 aliphatic heterocycles. The number of aryl methyl sites for hydroxylation is 1. The molecule has 0 atom stereocenters. The van der Waals surface area contributed by atoms with E-state index in [0.717, 1.165) is 11.3 Å². The number of carbonyl (C=O) groups excluding carboxylic acids is 1. The Morgan fingerprint density at radius 1 is 1.08 bits per heavy atom. The lowest BCUT2D eigenvalue weighted by molar-refractivity contribution is -0.121. The molecular weight excluding hydrogens is 305 g/mol. The summed E-state index contributed by atoms with van der Waals surface area (Å²) in [6.45, 7) is 0.406. The molecule has 0 aliphatic rings. The van der Waals surface area contributed by atoms with Crippen molar-refractivity contribution in [3.05, 3.63) is 83.9 Å². The Balaban J connectivity index is 1.50. The zero-order chi connectivity index (χ0) is 16.8. The third-order valence-electron chi connectivity index (χ3n) is 3.73. The predicted molar refractivity (Wildman–Crippen MR) is 90.1 cm³/mol. The van der Waals surface area contributed by atoms with Gasteiger partial charge in [0.2, 0.25) is 5.91 Å². The second-order valence-corrected chi connectivity index (χ2v) is 5.50. The molecule has 1 amide bonds. The van der Waals surface area contributed by atoms with Gasteiger partial charge in [-0.1, -0.05) is 36.4 Å². The summed E-state index contributed by atoms with van der Waals surface area (Å²) in [6, 6.07) is 16.3. The number of benzene rings is 2. The van der Waals surface area contributed by atoms with E-state index in [2.05, 4.69) is 10.4 Å². The smallest absolute Gasteiger partial charge is 0.220 e. The van der Waals surface area contributed by atoms with Gasteiger partial charge >= 0.3 is 0 Å². The summed E-state index contributed by atoms with van der Waals surface area (Å²) in [5.41, 5.74) is 2.44. The molecule has 0 saturated carbocycles. The number of hydrogen-bond donors (Lipinski definition) is 1. The van der Waals surface area contributed by atoms with Gasteiger partial charge in [0.1, 0.15) is 5.82 Å². The fraction of sp³-hybridized carbons (Fsp3) is 0.158. The average molecular weight is 323 g/mol. The van der Waals surface area contributed by atoms with Gasteiger partial charge in [0.25, 0.3) is 0 Å². The van der Waals surface area contributed by atoms with Gasteiger partial charge in [-0.3, -0.25) is 4.79 Å². The fourth-order valence-electron chi connectivity index (χ4n) is 2.41. The van der Waals surface area contributed by atoms with Gasteiger partial charge < -0.3 is 5.32 Å². The largest absolute Gasteiger partial charge is 0.352 e. The Hall–Kier alpha value is -2.95. The topological polar surface area (TPSA) is 46.9 Å². The second-order valence-electron chi connectivity index (χ2n) is 5.50. The molecule has 3 rings (SSSR count). The van der Waals surface area contributed by atoms with Crippen LogP contribution in [0.15, 0.2) is 67.0 Å². The second kappa shape index (κ2) is 7.55. The first kappa shape index (κ1) is 15.9. The molecule has 0 spiro atoms. The zero-order valence-corrected chi connectivity index (χ0v) is 13.2. The number of carbonyl (C=O) groups is 1. The number of nitrogens with one attached hydrogen (secondary N) is 1. The quantitative estimate of drug-likeness (QED) is 0.757. The molecule has 5 heteroatoms. The Morgan fingerprint density at radius 2 is 1.83 bits per heavy atom. The van der Waals surface area contributed by atoms with Crippen LogP contribution in [0.2, 0.25) is 0 Å². The number of aromatic nitrogens is 2. The molecule has 0 saturated heterocycles. The highest BCUT2D eigenvalue weighted by Gasteiger charge is 2.07. The Kier molecular flexibility index (Phi) is 5.01. The normalized spacial score (nSPS) is 10.5. The van der Waals surface area contributed by atoms with Crippen LogP contribution in [-0.4, -0.2) is 15.7 Å². The number of amides is 1. The molecule has 0 unspecified atom stereocenters. The van der Waals surface area contributed by atoms with E-state index in [0.29, 0.717) is 18.5 Å². The van der Waals surface area contributed by atoms with E-state index in [4.69, 9.17) is 0 Å². The van der Waals surface area contributed by atoms with Crippen LogP contribution >= 0.6 is 0 Å². The zero-order valence-electron chi connectivity index (χ0n) is 13.2. The third-order valence-corrected chi connectivity index (χ3v) is 3.73. The summed E-state index contributed by atoms with van der Waals surface area (Å²) >= 11 is 0. The number of hydrogen-bond acceptors (Lipinski definition) is 2. The van der Waals surface area contributed by atoms with Gasteiger partial charge in [0, 0.05) is 24.7 Å². The fourth-order valence-corrected chi connectivity index (χ4v) is 2.41. The minimum absolute atomic E-state index is 0.106. The number of para-hydroxylation sites is 1. The molecular formula is C19H18FN3O. The molecule has 4 nitrogen and oxygen atoms in total. The van der Waals surface area contributed by atoms with Crippen molar-refractivity contribution in [2.24, 2.45) is 0 Å². The minimum atomic E-state index is -0.269. The van der Waals surface area contributed by atoms with Crippen LogP contribution in [0, 0.1) is 5.82 Å². The lowest BCUT2D eigenvalue weighted by Gasteiger charge is -2.05. The summed E-state index contributed by atoms with van der Waals surface area (Å²) in [5, 5.41) is 7.12. The first-order valence-corrected chi connectivity index (χ1v) is 7.81. The summed E-state index contributed by atoms with van der Waals surface area (Å²) in [4.78, 5) is 11.9. The maximum absolute atomic E-state index is 13.5. The van der Waals surface area contributed by atoms with E-state index in [-0.39, 0.29) is 18.1 Å². The van der Waals surface area contributed by atoms with E-state index >= 15 is 0 Å². The molecule has 1 aromatic heterocycles. The lowest BCUT2D eigenvalue weighted by Crippen LogP contribution is -2.22. The molecule has 0 fully saturated rings. The first-order valence-electron chi connectivity index (χ1n) is 7.81. The highest BCUT2D eigenvalue weighted by Crippen LogP contribution is 2.10. The Morgan fingerprint density at radius 3 is 2.62 bits per heavy atom. The monoisotopic (exact) mass is 323 g/mol. The molecule has 1 heterocycles. The first-order chi connectivity index (χ1) is 11.7. The maximum atomic E-state index is 13.5. The van der Waals surface area contributed by atoms with Crippen molar-refractivity contribution in [2.45, 2.75) is 19.4 Å². The number of halogens is 1. The van der Waals surface area contributed by atoms with Gasteiger partial charge in [0.15, 0.2) is 0 Å². The molecule has 0 bridgehead atoms.